The highest BCUT2D eigenvalue weighted by molar-refractivity contribution is 8.00. The summed E-state index contributed by atoms with van der Waals surface area (Å²) in [6.45, 7) is 1.52. The van der Waals surface area contributed by atoms with Crippen molar-refractivity contribution in [1.82, 2.24) is 4.90 Å². The molecule has 1 aliphatic rings. The first-order valence-electron chi connectivity index (χ1n) is 5.41. The molecule has 6 heteroatoms. The third-order valence-corrected chi connectivity index (χ3v) is 4.32. The van der Waals surface area contributed by atoms with Gasteiger partial charge in [-0.05, 0) is 24.6 Å². The zero-order chi connectivity index (χ0) is 13.3. The van der Waals surface area contributed by atoms with Crippen molar-refractivity contribution >= 4 is 35.2 Å². The van der Waals surface area contributed by atoms with E-state index in [2.05, 4.69) is 0 Å². The topological polar surface area (TPSA) is 57.6 Å². The Morgan fingerprint density at radius 2 is 2.11 bits per heavy atom. The van der Waals surface area contributed by atoms with Gasteiger partial charge in [-0.1, -0.05) is 23.7 Å². The summed E-state index contributed by atoms with van der Waals surface area (Å²) in [6.07, 6.45) is 0. The monoisotopic (exact) mass is 285 g/mol. The summed E-state index contributed by atoms with van der Waals surface area (Å²) in [5.74, 6) is -0.829. The van der Waals surface area contributed by atoms with E-state index < -0.39 is 12.0 Å². The second-order valence-electron chi connectivity index (χ2n) is 4.03. The Hall–Kier alpha value is -1.20. The van der Waals surface area contributed by atoms with E-state index >= 15 is 0 Å². The van der Waals surface area contributed by atoms with Gasteiger partial charge < -0.3 is 10.0 Å². The average molecular weight is 286 g/mol. The second kappa shape index (κ2) is 5.20. The van der Waals surface area contributed by atoms with Gasteiger partial charge in [0, 0.05) is 5.02 Å². The molecule has 4 nitrogen and oxygen atoms in total. The minimum absolute atomic E-state index is 0.144. The number of carboxylic acid groups (broad SMARTS) is 1. The number of hydrogen-bond donors (Lipinski definition) is 1. The molecule has 0 aliphatic carbocycles. The number of benzene rings is 1. The molecule has 1 amide bonds. The maximum Gasteiger partial charge on any atom is 0.326 e. The zero-order valence-corrected chi connectivity index (χ0v) is 11.2. The molecular formula is C12H12ClNO3S. The van der Waals surface area contributed by atoms with Crippen LogP contribution in [0.15, 0.2) is 24.3 Å². The van der Waals surface area contributed by atoms with Crippen LogP contribution >= 0.6 is 23.4 Å². The third kappa shape index (κ3) is 2.47. The van der Waals surface area contributed by atoms with Gasteiger partial charge in [-0.25, -0.2) is 4.79 Å². The SMILES string of the molecule is CC(C(=O)O)N1C(=O)CSC1c1ccc(Cl)cc1. The summed E-state index contributed by atoms with van der Waals surface area (Å²) >= 11 is 7.25. The molecule has 1 heterocycles. The van der Waals surface area contributed by atoms with E-state index in [4.69, 9.17) is 16.7 Å². The number of amides is 1. The van der Waals surface area contributed by atoms with E-state index in [1.807, 2.05) is 12.1 Å². The van der Waals surface area contributed by atoms with Gasteiger partial charge in [0.25, 0.3) is 0 Å². The van der Waals surface area contributed by atoms with Crippen LogP contribution in [-0.2, 0) is 9.59 Å². The van der Waals surface area contributed by atoms with E-state index in [1.165, 1.54) is 23.6 Å². The molecule has 2 unspecified atom stereocenters. The summed E-state index contributed by atoms with van der Waals surface area (Å²) in [4.78, 5) is 24.2. The fourth-order valence-electron chi connectivity index (χ4n) is 1.86. The number of carbonyl (C=O) groups excluding carboxylic acids is 1. The molecule has 1 N–H and O–H groups in total. The highest BCUT2D eigenvalue weighted by atomic mass is 35.5. The number of nitrogens with zero attached hydrogens (tertiary/aromatic N) is 1. The molecule has 0 radical (unpaired) electrons. The molecule has 18 heavy (non-hydrogen) atoms. The number of rotatable bonds is 3. The van der Waals surface area contributed by atoms with Crippen molar-refractivity contribution in [3.63, 3.8) is 0 Å². The van der Waals surface area contributed by atoms with Crippen molar-refractivity contribution in [3.05, 3.63) is 34.9 Å². The van der Waals surface area contributed by atoms with Gasteiger partial charge in [-0.3, -0.25) is 4.79 Å². The molecule has 96 valence electrons. The lowest BCUT2D eigenvalue weighted by Crippen LogP contribution is -2.41. The lowest BCUT2D eigenvalue weighted by atomic mass is 10.1. The summed E-state index contributed by atoms with van der Waals surface area (Å²) in [5.41, 5.74) is 0.892. The maximum atomic E-state index is 11.8. The van der Waals surface area contributed by atoms with Gasteiger partial charge in [0.1, 0.15) is 11.4 Å². The van der Waals surface area contributed by atoms with Crippen LogP contribution in [-0.4, -0.2) is 33.7 Å². The molecule has 1 saturated heterocycles. The lowest BCUT2D eigenvalue weighted by molar-refractivity contribution is -0.148. The van der Waals surface area contributed by atoms with Crippen LogP contribution in [0.4, 0.5) is 0 Å². The minimum atomic E-state index is -0.996. The first kappa shape index (κ1) is 13.2. The number of hydrogen-bond acceptors (Lipinski definition) is 3. The van der Waals surface area contributed by atoms with E-state index in [0.29, 0.717) is 10.8 Å². The number of carbonyl (C=O) groups is 2. The molecule has 0 bridgehead atoms. The number of aliphatic carboxylic acids is 1. The van der Waals surface area contributed by atoms with Crippen molar-refractivity contribution in [2.45, 2.75) is 18.3 Å². The Labute approximate surface area is 114 Å². The van der Waals surface area contributed by atoms with Crippen LogP contribution < -0.4 is 0 Å². The van der Waals surface area contributed by atoms with E-state index in [-0.39, 0.29) is 11.3 Å². The van der Waals surface area contributed by atoms with Crippen LogP contribution in [0.3, 0.4) is 0 Å². The van der Waals surface area contributed by atoms with Crippen LogP contribution in [0, 0.1) is 0 Å². The Morgan fingerprint density at radius 3 is 2.67 bits per heavy atom. The zero-order valence-electron chi connectivity index (χ0n) is 9.67. The summed E-state index contributed by atoms with van der Waals surface area (Å²) < 4.78 is 0. The molecule has 2 rings (SSSR count). The Bertz CT molecular complexity index is 477. The second-order valence-corrected chi connectivity index (χ2v) is 5.54. The Balaban J connectivity index is 2.29. The average Bonchev–Trinajstić information content (AvgIpc) is 2.71. The standard InChI is InChI=1S/C12H12ClNO3S/c1-7(12(16)17)14-10(15)6-18-11(14)8-2-4-9(13)5-3-8/h2-5,7,11H,6H2,1H3,(H,16,17). The van der Waals surface area contributed by atoms with Crippen molar-refractivity contribution in [2.24, 2.45) is 0 Å². The predicted octanol–water partition coefficient (Wildman–Crippen LogP) is 2.39. The number of thioether (sulfide) groups is 1. The first-order chi connectivity index (χ1) is 8.50. The molecule has 0 saturated carbocycles. The van der Waals surface area contributed by atoms with Gasteiger partial charge in [-0.15, -0.1) is 11.8 Å². The maximum absolute atomic E-state index is 11.8. The van der Waals surface area contributed by atoms with E-state index in [9.17, 15) is 9.59 Å². The van der Waals surface area contributed by atoms with Crippen molar-refractivity contribution in [2.75, 3.05) is 5.75 Å². The molecule has 1 aromatic rings. The fourth-order valence-corrected chi connectivity index (χ4v) is 3.24. The summed E-state index contributed by atoms with van der Waals surface area (Å²) in [7, 11) is 0. The molecule has 1 aromatic carbocycles. The van der Waals surface area contributed by atoms with Crippen LogP contribution in [0.25, 0.3) is 0 Å². The van der Waals surface area contributed by atoms with Gasteiger partial charge in [0.15, 0.2) is 0 Å². The van der Waals surface area contributed by atoms with Gasteiger partial charge >= 0.3 is 5.97 Å². The molecule has 1 aliphatic heterocycles. The van der Waals surface area contributed by atoms with E-state index in [1.54, 1.807) is 12.1 Å². The number of carboxylic acids is 1. The molecule has 2 atom stereocenters. The van der Waals surface area contributed by atoms with Crippen molar-refractivity contribution in [3.8, 4) is 0 Å². The van der Waals surface area contributed by atoms with E-state index in [0.717, 1.165) is 5.56 Å². The van der Waals surface area contributed by atoms with Crippen LogP contribution in [0.5, 0.6) is 0 Å². The van der Waals surface area contributed by atoms with Gasteiger partial charge in [0.05, 0.1) is 5.75 Å². The summed E-state index contributed by atoms with van der Waals surface area (Å²) in [5, 5.41) is 9.41. The molecule has 0 aromatic heterocycles. The lowest BCUT2D eigenvalue weighted by Gasteiger charge is -2.27. The Kier molecular flexibility index (Phi) is 3.82. The molecule has 0 spiro atoms. The highest BCUT2D eigenvalue weighted by Crippen LogP contribution is 2.40. The summed E-state index contributed by atoms with van der Waals surface area (Å²) in [6, 6.07) is 6.29. The van der Waals surface area contributed by atoms with Gasteiger partial charge in [0.2, 0.25) is 5.91 Å². The first-order valence-corrected chi connectivity index (χ1v) is 6.84. The third-order valence-electron chi connectivity index (χ3n) is 2.84. The van der Waals surface area contributed by atoms with Gasteiger partial charge in [-0.2, -0.15) is 0 Å². The largest absolute Gasteiger partial charge is 0.480 e. The van der Waals surface area contributed by atoms with Crippen molar-refractivity contribution in [1.29, 1.82) is 0 Å². The molecular weight excluding hydrogens is 274 g/mol. The molecule has 1 fully saturated rings. The fraction of sp³-hybridized carbons (Fsp3) is 0.333. The minimum Gasteiger partial charge on any atom is -0.480 e. The smallest absolute Gasteiger partial charge is 0.326 e. The quantitative estimate of drug-likeness (QED) is 0.926. The van der Waals surface area contributed by atoms with Crippen LogP contribution in [0.1, 0.15) is 17.9 Å². The predicted molar refractivity (Wildman–Crippen MR) is 70.6 cm³/mol. The number of halogens is 1. The Morgan fingerprint density at radius 1 is 1.50 bits per heavy atom. The van der Waals surface area contributed by atoms with Crippen LogP contribution in [0.2, 0.25) is 5.02 Å². The highest BCUT2D eigenvalue weighted by Gasteiger charge is 2.38. The normalized spacial score (nSPS) is 21.1. The van der Waals surface area contributed by atoms with Crippen molar-refractivity contribution < 1.29 is 14.7 Å².